The molecule has 0 aliphatic carbocycles. The first-order valence-corrected chi connectivity index (χ1v) is 8.58. The Morgan fingerprint density at radius 2 is 2.17 bits per heavy atom. The number of benzene rings is 1. The van der Waals surface area contributed by atoms with Gasteiger partial charge in [0.1, 0.15) is 11.5 Å². The van der Waals surface area contributed by atoms with Gasteiger partial charge in [0.15, 0.2) is 0 Å². The number of aromatic hydroxyl groups is 1. The minimum absolute atomic E-state index is 0.0181. The molecule has 3 rings (SSSR count). The van der Waals surface area contributed by atoms with Crippen LogP contribution in [0.25, 0.3) is 0 Å². The number of hydrogen-bond acceptors (Lipinski definition) is 5. The first-order valence-electron chi connectivity index (χ1n) is 8.58. The van der Waals surface area contributed by atoms with Crippen LogP contribution in [-0.4, -0.2) is 59.9 Å². The topological polar surface area (TPSA) is 71.0 Å². The van der Waals surface area contributed by atoms with E-state index in [2.05, 4.69) is 17.1 Å². The highest BCUT2D eigenvalue weighted by Gasteiger charge is 2.36. The lowest BCUT2D eigenvalue weighted by molar-refractivity contribution is -0.0390. The van der Waals surface area contributed by atoms with Gasteiger partial charge in [-0.25, -0.2) is 0 Å². The molecule has 0 bridgehead atoms. The summed E-state index contributed by atoms with van der Waals surface area (Å²) in [6.45, 7) is 8.37. The van der Waals surface area contributed by atoms with E-state index in [1.54, 1.807) is 6.07 Å². The molecule has 2 saturated heterocycles. The summed E-state index contributed by atoms with van der Waals surface area (Å²) in [5.74, 6) is 0.351. The van der Waals surface area contributed by atoms with Crippen molar-refractivity contribution in [3.63, 3.8) is 0 Å². The second kappa shape index (κ2) is 6.99. The average Bonchev–Trinajstić information content (AvgIpc) is 2.87. The fourth-order valence-electron chi connectivity index (χ4n) is 3.47. The molecular weight excluding hydrogens is 308 g/mol. The molecule has 2 N–H and O–H groups in total. The van der Waals surface area contributed by atoms with E-state index in [1.165, 1.54) is 12.1 Å². The summed E-state index contributed by atoms with van der Waals surface area (Å²) in [5.41, 5.74) is 0.417. The summed E-state index contributed by atoms with van der Waals surface area (Å²) in [7, 11) is 0. The SMILES string of the molecule is CC(C)Oc1cc(O)cc(C(=O)N[C@H]2C[C@H]3CO[C@H](C)CN3C2)c1. The Morgan fingerprint density at radius 1 is 1.38 bits per heavy atom. The molecule has 1 aromatic rings. The fourth-order valence-corrected chi connectivity index (χ4v) is 3.47. The van der Waals surface area contributed by atoms with Crippen LogP contribution >= 0.6 is 0 Å². The molecule has 24 heavy (non-hydrogen) atoms. The maximum atomic E-state index is 12.5. The van der Waals surface area contributed by atoms with Gasteiger partial charge in [-0.15, -0.1) is 0 Å². The van der Waals surface area contributed by atoms with E-state index in [0.29, 0.717) is 17.4 Å². The van der Waals surface area contributed by atoms with E-state index >= 15 is 0 Å². The average molecular weight is 334 g/mol. The predicted molar refractivity (Wildman–Crippen MR) is 90.5 cm³/mol. The van der Waals surface area contributed by atoms with Crippen molar-refractivity contribution in [3.05, 3.63) is 23.8 Å². The summed E-state index contributed by atoms with van der Waals surface area (Å²) in [4.78, 5) is 14.9. The van der Waals surface area contributed by atoms with Crippen LogP contribution in [0.15, 0.2) is 18.2 Å². The molecule has 2 aliphatic heterocycles. The lowest BCUT2D eigenvalue weighted by Gasteiger charge is -2.33. The lowest BCUT2D eigenvalue weighted by Crippen LogP contribution is -2.45. The molecule has 0 radical (unpaired) electrons. The Bertz CT molecular complexity index is 605. The smallest absolute Gasteiger partial charge is 0.251 e. The maximum absolute atomic E-state index is 12.5. The molecule has 1 amide bonds. The largest absolute Gasteiger partial charge is 0.508 e. The molecule has 0 unspecified atom stereocenters. The summed E-state index contributed by atoms with van der Waals surface area (Å²) in [6.07, 6.45) is 1.13. The number of nitrogens with zero attached hydrogens (tertiary/aromatic N) is 1. The first-order chi connectivity index (χ1) is 11.4. The quantitative estimate of drug-likeness (QED) is 0.878. The van der Waals surface area contributed by atoms with Crippen LogP contribution < -0.4 is 10.1 Å². The van der Waals surface area contributed by atoms with Crippen molar-refractivity contribution < 1.29 is 19.4 Å². The monoisotopic (exact) mass is 334 g/mol. The zero-order valence-corrected chi connectivity index (χ0v) is 14.5. The molecule has 2 heterocycles. The number of carbonyl (C=O) groups is 1. The molecule has 3 atom stereocenters. The fraction of sp³-hybridized carbons (Fsp3) is 0.611. The number of morpholine rings is 1. The summed E-state index contributed by atoms with van der Waals surface area (Å²) in [6, 6.07) is 5.15. The summed E-state index contributed by atoms with van der Waals surface area (Å²) in [5, 5.41) is 12.9. The Labute approximate surface area is 142 Å². The number of rotatable bonds is 4. The molecule has 6 heteroatoms. The van der Waals surface area contributed by atoms with Gasteiger partial charge in [0.05, 0.1) is 18.8 Å². The van der Waals surface area contributed by atoms with Gasteiger partial charge >= 0.3 is 0 Å². The van der Waals surface area contributed by atoms with E-state index in [9.17, 15) is 9.90 Å². The van der Waals surface area contributed by atoms with Gasteiger partial charge < -0.3 is 19.9 Å². The van der Waals surface area contributed by atoms with Crippen LogP contribution in [0.2, 0.25) is 0 Å². The minimum Gasteiger partial charge on any atom is -0.508 e. The van der Waals surface area contributed by atoms with Crippen molar-refractivity contribution >= 4 is 5.91 Å². The molecule has 132 valence electrons. The Hall–Kier alpha value is -1.79. The van der Waals surface area contributed by atoms with Gasteiger partial charge in [0, 0.05) is 36.8 Å². The Balaban J connectivity index is 1.64. The Morgan fingerprint density at radius 3 is 2.92 bits per heavy atom. The second-order valence-electron chi connectivity index (χ2n) is 7.04. The predicted octanol–water partition coefficient (Wildman–Crippen LogP) is 1.77. The van der Waals surface area contributed by atoms with E-state index in [4.69, 9.17) is 9.47 Å². The van der Waals surface area contributed by atoms with Gasteiger partial charge in [-0.3, -0.25) is 9.69 Å². The number of phenols is 1. The van der Waals surface area contributed by atoms with Crippen molar-refractivity contribution in [2.75, 3.05) is 19.7 Å². The minimum atomic E-state index is -0.182. The number of ether oxygens (including phenoxy) is 2. The van der Waals surface area contributed by atoms with Crippen LogP contribution in [0.1, 0.15) is 37.6 Å². The maximum Gasteiger partial charge on any atom is 0.251 e. The van der Waals surface area contributed by atoms with Crippen molar-refractivity contribution in [1.82, 2.24) is 10.2 Å². The van der Waals surface area contributed by atoms with Gasteiger partial charge in [0.2, 0.25) is 0 Å². The van der Waals surface area contributed by atoms with Crippen LogP contribution in [0.4, 0.5) is 0 Å². The van der Waals surface area contributed by atoms with E-state index < -0.39 is 0 Å². The van der Waals surface area contributed by atoms with E-state index in [1.807, 2.05) is 13.8 Å². The zero-order chi connectivity index (χ0) is 17.3. The normalized spacial score (nSPS) is 27.1. The molecule has 0 spiro atoms. The van der Waals surface area contributed by atoms with Crippen molar-refractivity contribution in [2.24, 2.45) is 0 Å². The third-order valence-electron chi connectivity index (χ3n) is 4.45. The zero-order valence-electron chi connectivity index (χ0n) is 14.5. The van der Waals surface area contributed by atoms with Crippen LogP contribution in [-0.2, 0) is 4.74 Å². The molecule has 2 aliphatic rings. The van der Waals surface area contributed by atoms with Crippen LogP contribution in [0.5, 0.6) is 11.5 Å². The lowest BCUT2D eigenvalue weighted by atomic mass is 10.1. The molecular formula is C18H26N2O4. The molecule has 0 aromatic heterocycles. The third kappa shape index (κ3) is 3.99. The van der Waals surface area contributed by atoms with Gasteiger partial charge in [-0.1, -0.05) is 0 Å². The highest BCUT2D eigenvalue weighted by Crippen LogP contribution is 2.25. The van der Waals surface area contributed by atoms with Crippen molar-refractivity contribution in [1.29, 1.82) is 0 Å². The van der Waals surface area contributed by atoms with Crippen molar-refractivity contribution in [2.45, 2.75) is 51.5 Å². The highest BCUT2D eigenvalue weighted by atomic mass is 16.5. The second-order valence-corrected chi connectivity index (χ2v) is 7.04. The molecule has 6 nitrogen and oxygen atoms in total. The third-order valence-corrected chi connectivity index (χ3v) is 4.45. The molecule has 1 aromatic carbocycles. The van der Waals surface area contributed by atoms with E-state index in [-0.39, 0.29) is 29.9 Å². The van der Waals surface area contributed by atoms with Crippen LogP contribution in [0, 0.1) is 0 Å². The Kier molecular flexibility index (Phi) is 4.96. The number of carbonyl (C=O) groups excluding carboxylic acids is 1. The number of phenolic OH excluding ortho intramolecular Hbond substituents is 1. The van der Waals surface area contributed by atoms with Gasteiger partial charge in [-0.05, 0) is 39.3 Å². The number of amides is 1. The molecule has 0 saturated carbocycles. The number of fused-ring (bicyclic) bond motifs is 1. The van der Waals surface area contributed by atoms with Crippen LogP contribution in [0.3, 0.4) is 0 Å². The van der Waals surface area contributed by atoms with Gasteiger partial charge in [0.25, 0.3) is 5.91 Å². The van der Waals surface area contributed by atoms with Crippen molar-refractivity contribution in [3.8, 4) is 11.5 Å². The number of nitrogens with one attached hydrogen (secondary N) is 1. The summed E-state index contributed by atoms with van der Waals surface area (Å²) < 4.78 is 11.3. The first kappa shape index (κ1) is 17.0. The summed E-state index contributed by atoms with van der Waals surface area (Å²) >= 11 is 0. The number of hydrogen-bond donors (Lipinski definition) is 2. The molecule has 2 fully saturated rings. The van der Waals surface area contributed by atoms with E-state index in [0.717, 1.165) is 26.1 Å². The highest BCUT2D eigenvalue weighted by molar-refractivity contribution is 5.95. The van der Waals surface area contributed by atoms with Gasteiger partial charge in [-0.2, -0.15) is 0 Å². The standard InChI is InChI=1S/C18H26N2O4/c1-11(2)24-17-5-13(4-16(21)7-17)18(22)19-14-6-15-10-23-12(3)8-20(15)9-14/h4-5,7,11-12,14-15,21H,6,8-10H2,1-3H3,(H,19,22)/t12-,14+,15+/m1/s1.